The number of hydrogen-bond acceptors (Lipinski definition) is 4. The van der Waals surface area contributed by atoms with E-state index in [-0.39, 0.29) is 23.7 Å². The van der Waals surface area contributed by atoms with Crippen molar-refractivity contribution in [2.45, 2.75) is 33.9 Å². The smallest absolute Gasteiger partial charge is 0.248 e. The molecule has 0 aliphatic carbocycles. The molecule has 4 rings (SSSR count). The molecular formula is C30H26F5N3O3. The average Bonchev–Trinajstić information content (AvgIpc) is 3.22. The summed E-state index contributed by atoms with van der Waals surface area (Å²) in [5.41, 5.74) is 2.26. The van der Waals surface area contributed by atoms with Gasteiger partial charge in [-0.2, -0.15) is 5.10 Å². The molecule has 0 aliphatic rings. The highest BCUT2D eigenvalue weighted by atomic mass is 19.2. The van der Waals surface area contributed by atoms with E-state index in [9.17, 15) is 26.7 Å². The normalized spacial score (nSPS) is 11.2. The molecule has 6 nitrogen and oxygen atoms in total. The molecule has 0 spiro atoms. The molecule has 0 unspecified atom stereocenters. The lowest BCUT2D eigenvalue weighted by Crippen LogP contribution is -2.13. The Balaban J connectivity index is 1.48. The molecule has 0 saturated heterocycles. The summed E-state index contributed by atoms with van der Waals surface area (Å²) in [5, 5.41) is 6.75. The van der Waals surface area contributed by atoms with Crippen molar-refractivity contribution >= 4 is 17.7 Å². The van der Waals surface area contributed by atoms with Crippen molar-refractivity contribution in [2.24, 2.45) is 0 Å². The molecule has 0 fully saturated rings. The first kappa shape index (κ1) is 29.3. The van der Waals surface area contributed by atoms with Gasteiger partial charge in [0.15, 0.2) is 23.3 Å². The fourth-order valence-corrected chi connectivity index (χ4v) is 4.19. The number of benzene rings is 3. The Bertz CT molecular complexity index is 1620. The summed E-state index contributed by atoms with van der Waals surface area (Å²) in [7, 11) is 1.55. The Hall–Kier alpha value is -4.67. The number of amides is 1. The van der Waals surface area contributed by atoms with Gasteiger partial charge in [-0.15, -0.1) is 0 Å². The number of rotatable bonds is 9. The molecule has 4 aromatic rings. The van der Waals surface area contributed by atoms with Crippen molar-refractivity contribution in [2.75, 3.05) is 12.4 Å². The van der Waals surface area contributed by atoms with Crippen LogP contribution in [0.3, 0.4) is 0 Å². The van der Waals surface area contributed by atoms with Crippen molar-refractivity contribution < 1.29 is 36.2 Å². The Kier molecular flexibility index (Phi) is 8.75. The van der Waals surface area contributed by atoms with Crippen LogP contribution in [0.1, 0.15) is 33.6 Å². The number of nitrogens with zero attached hydrogens (tertiary/aromatic N) is 2. The topological polar surface area (TPSA) is 65.4 Å². The van der Waals surface area contributed by atoms with E-state index < -0.39 is 47.1 Å². The van der Waals surface area contributed by atoms with Crippen molar-refractivity contribution in [3.05, 3.63) is 111 Å². The fourth-order valence-electron chi connectivity index (χ4n) is 4.19. The third-order valence-corrected chi connectivity index (χ3v) is 6.35. The van der Waals surface area contributed by atoms with Crippen LogP contribution in [-0.2, 0) is 17.9 Å². The average molecular weight is 572 g/mol. The van der Waals surface area contributed by atoms with Crippen LogP contribution in [0.2, 0.25) is 0 Å². The molecule has 0 saturated carbocycles. The minimum absolute atomic E-state index is 0.237. The van der Waals surface area contributed by atoms with E-state index in [0.717, 1.165) is 15.8 Å². The molecule has 0 aliphatic heterocycles. The van der Waals surface area contributed by atoms with E-state index in [1.54, 1.807) is 25.3 Å². The molecule has 1 aromatic heterocycles. The van der Waals surface area contributed by atoms with E-state index in [4.69, 9.17) is 9.47 Å². The summed E-state index contributed by atoms with van der Waals surface area (Å²) in [4.78, 5) is 12.7. The summed E-state index contributed by atoms with van der Waals surface area (Å²) in [6.07, 6.45) is 2.86. The zero-order valence-corrected chi connectivity index (χ0v) is 22.6. The standard InChI is InChI=1S/C30H26F5N3O3/c1-16-6-5-7-21(12-16)41-15-20-13-19(8-10-23(20)40-4)9-11-24(39)36-30-17(2)37-38(18(30)3)14-22-25(31)27(33)29(35)28(34)26(22)32/h5-13H,14-15H2,1-4H3,(H,36,39)/b11-9+. The number of anilines is 1. The number of aryl methyl sites for hydroxylation is 2. The number of carbonyl (C=O) groups excluding carboxylic acids is 1. The molecular weight excluding hydrogens is 545 g/mol. The lowest BCUT2D eigenvalue weighted by molar-refractivity contribution is -0.111. The first-order valence-electron chi connectivity index (χ1n) is 12.4. The van der Waals surface area contributed by atoms with Gasteiger partial charge in [0.2, 0.25) is 11.7 Å². The molecule has 0 atom stereocenters. The number of halogens is 5. The summed E-state index contributed by atoms with van der Waals surface area (Å²) in [6, 6.07) is 13.0. The molecule has 1 heterocycles. The predicted octanol–water partition coefficient (Wildman–Crippen LogP) is 6.79. The zero-order chi connectivity index (χ0) is 29.8. The van der Waals surface area contributed by atoms with Gasteiger partial charge in [0.1, 0.15) is 18.1 Å². The third-order valence-electron chi connectivity index (χ3n) is 6.35. The number of aromatic nitrogens is 2. The lowest BCUT2D eigenvalue weighted by atomic mass is 10.1. The second-order valence-electron chi connectivity index (χ2n) is 9.25. The Morgan fingerprint density at radius 3 is 2.29 bits per heavy atom. The molecule has 3 aromatic carbocycles. The number of nitrogens with one attached hydrogen (secondary N) is 1. The highest BCUT2D eigenvalue weighted by Gasteiger charge is 2.27. The van der Waals surface area contributed by atoms with Crippen LogP contribution in [0.25, 0.3) is 6.08 Å². The first-order valence-corrected chi connectivity index (χ1v) is 12.4. The Morgan fingerprint density at radius 2 is 1.63 bits per heavy atom. The van der Waals surface area contributed by atoms with Crippen LogP contribution in [0, 0.1) is 49.9 Å². The minimum Gasteiger partial charge on any atom is -0.496 e. The van der Waals surface area contributed by atoms with Crippen LogP contribution in [-0.4, -0.2) is 22.8 Å². The zero-order valence-electron chi connectivity index (χ0n) is 22.6. The van der Waals surface area contributed by atoms with Crippen LogP contribution >= 0.6 is 0 Å². The van der Waals surface area contributed by atoms with Gasteiger partial charge in [-0.05, 0) is 62.2 Å². The second-order valence-corrected chi connectivity index (χ2v) is 9.25. The Labute approximate surface area is 233 Å². The van der Waals surface area contributed by atoms with Crippen LogP contribution < -0.4 is 14.8 Å². The maximum absolute atomic E-state index is 14.2. The third kappa shape index (κ3) is 6.40. The van der Waals surface area contributed by atoms with E-state index >= 15 is 0 Å². The van der Waals surface area contributed by atoms with Gasteiger partial charge in [-0.3, -0.25) is 9.48 Å². The molecule has 0 radical (unpaired) electrons. The van der Waals surface area contributed by atoms with Crippen LogP contribution in [0.15, 0.2) is 48.5 Å². The van der Waals surface area contributed by atoms with Crippen molar-refractivity contribution in [3.63, 3.8) is 0 Å². The van der Waals surface area contributed by atoms with Gasteiger partial charge in [0.05, 0.1) is 36.3 Å². The van der Waals surface area contributed by atoms with Crippen molar-refractivity contribution in [1.82, 2.24) is 9.78 Å². The van der Waals surface area contributed by atoms with Crippen LogP contribution in [0.5, 0.6) is 11.5 Å². The van der Waals surface area contributed by atoms with Gasteiger partial charge in [-0.1, -0.05) is 18.2 Å². The maximum atomic E-state index is 14.2. The van der Waals surface area contributed by atoms with Gasteiger partial charge < -0.3 is 14.8 Å². The van der Waals surface area contributed by atoms with E-state index in [0.29, 0.717) is 17.1 Å². The van der Waals surface area contributed by atoms with Crippen LogP contribution in [0.4, 0.5) is 27.6 Å². The van der Waals surface area contributed by atoms with E-state index in [1.807, 2.05) is 37.3 Å². The largest absolute Gasteiger partial charge is 0.496 e. The number of ether oxygens (including phenoxy) is 2. The molecule has 0 bridgehead atoms. The summed E-state index contributed by atoms with van der Waals surface area (Å²) >= 11 is 0. The Morgan fingerprint density at radius 1 is 0.951 bits per heavy atom. The van der Waals surface area contributed by atoms with Crippen molar-refractivity contribution in [1.29, 1.82) is 0 Å². The number of carbonyl (C=O) groups is 1. The highest BCUT2D eigenvalue weighted by molar-refractivity contribution is 6.02. The molecule has 1 N–H and O–H groups in total. The lowest BCUT2D eigenvalue weighted by Gasteiger charge is -2.11. The monoisotopic (exact) mass is 571 g/mol. The second kappa shape index (κ2) is 12.2. The SMILES string of the molecule is COc1ccc(/C=C/C(=O)Nc2c(C)nn(Cc3c(F)c(F)c(F)c(F)c3F)c2C)cc1COc1cccc(C)c1. The first-order chi connectivity index (χ1) is 19.5. The molecule has 214 valence electrons. The van der Waals surface area contributed by atoms with Gasteiger partial charge in [-0.25, -0.2) is 22.0 Å². The van der Waals surface area contributed by atoms with Gasteiger partial charge >= 0.3 is 0 Å². The summed E-state index contributed by atoms with van der Waals surface area (Å²) in [5.74, 6) is -9.40. The quantitative estimate of drug-likeness (QED) is 0.104. The molecule has 1 amide bonds. The summed E-state index contributed by atoms with van der Waals surface area (Å²) < 4.78 is 81.3. The fraction of sp³-hybridized carbons (Fsp3) is 0.200. The van der Waals surface area contributed by atoms with Crippen molar-refractivity contribution in [3.8, 4) is 11.5 Å². The van der Waals surface area contributed by atoms with E-state index in [1.165, 1.54) is 19.9 Å². The maximum Gasteiger partial charge on any atom is 0.248 e. The summed E-state index contributed by atoms with van der Waals surface area (Å²) in [6.45, 7) is 4.50. The number of methoxy groups -OCH3 is 1. The highest BCUT2D eigenvalue weighted by Crippen LogP contribution is 2.27. The number of hydrogen-bond donors (Lipinski definition) is 1. The minimum atomic E-state index is -2.24. The van der Waals surface area contributed by atoms with E-state index in [2.05, 4.69) is 10.4 Å². The molecule has 41 heavy (non-hydrogen) atoms. The predicted molar refractivity (Wildman–Crippen MR) is 143 cm³/mol. The van der Waals surface area contributed by atoms with Gasteiger partial charge in [0.25, 0.3) is 0 Å². The molecule has 11 heteroatoms. The van der Waals surface area contributed by atoms with Gasteiger partial charge in [0, 0.05) is 11.6 Å².